The van der Waals surface area contributed by atoms with Gasteiger partial charge in [0.15, 0.2) is 0 Å². The summed E-state index contributed by atoms with van der Waals surface area (Å²) in [4.78, 5) is 15.7. The third-order valence-corrected chi connectivity index (χ3v) is 6.13. The Bertz CT molecular complexity index is 1270. The molecule has 0 bridgehead atoms. The van der Waals surface area contributed by atoms with Crippen LogP contribution < -0.4 is 10.2 Å². The van der Waals surface area contributed by atoms with E-state index < -0.39 is 54.5 Å². The number of nitrogens with zero attached hydrogens (tertiary/aromatic N) is 3. The standard InChI is InChI=1S/C23H19F6N5O/c24-14-3-13(4-15(25)6-14)19(9-33-10-23(28,29)11-33)31-22(35)34-2-1-12-5-16(18(26)7-20(12)34)17-8-30-32-21(17)27/h3-8,19H,1-2,9-11H2,(H,30,32)(H,31,35)/t19-/m1/s1. The first-order chi connectivity index (χ1) is 16.6. The van der Waals surface area contributed by atoms with Gasteiger partial charge in [-0.05, 0) is 41.8 Å². The zero-order valence-corrected chi connectivity index (χ0v) is 18.1. The van der Waals surface area contributed by atoms with Crippen molar-refractivity contribution < 1.29 is 31.1 Å². The molecule has 6 nitrogen and oxygen atoms in total. The molecule has 0 unspecified atom stereocenters. The van der Waals surface area contributed by atoms with Crippen molar-refractivity contribution >= 4 is 11.7 Å². The van der Waals surface area contributed by atoms with Gasteiger partial charge in [0.25, 0.3) is 5.92 Å². The molecule has 3 heterocycles. The zero-order valence-electron chi connectivity index (χ0n) is 18.1. The van der Waals surface area contributed by atoms with Crippen molar-refractivity contribution in [2.75, 3.05) is 31.1 Å². The molecule has 2 aromatic carbocycles. The molecule has 35 heavy (non-hydrogen) atoms. The number of likely N-dealkylation sites (tertiary alicyclic amines) is 1. The fraction of sp³-hybridized carbons (Fsp3) is 0.304. The summed E-state index contributed by atoms with van der Waals surface area (Å²) in [6, 6.07) is 3.57. The Labute approximate surface area is 195 Å². The average Bonchev–Trinajstić information content (AvgIpc) is 3.36. The molecule has 0 radical (unpaired) electrons. The summed E-state index contributed by atoms with van der Waals surface area (Å²) in [5, 5.41) is 8.29. The summed E-state index contributed by atoms with van der Waals surface area (Å²) in [7, 11) is 0. The van der Waals surface area contributed by atoms with Crippen LogP contribution in [0.3, 0.4) is 0 Å². The Balaban J connectivity index is 1.39. The van der Waals surface area contributed by atoms with Crippen molar-refractivity contribution in [2.45, 2.75) is 18.4 Å². The van der Waals surface area contributed by atoms with E-state index in [-0.39, 0.29) is 35.5 Å². The fourth-order valence-corrected chi connectivity index (χ4v) is 4.52. The lowest BCUT2D eigenvalue weighted by molar-refractivity contribution is -0.132. The molecule has 3 aromatic rings. The highest BCUT2D eigenvalue weighted by molar-refractivity contribution is 5.95. The zero-order chi connectivity index (χ0) is 24.9. The van der Waals surface area contributed by atoms with Gasteiger partial charge in [-0.15, -0.1) is 0 Å². The number of benzene rings is 2. The maximum Gasteiger partial charge on any atom is 0.322 e. The van der Waals surface area contributed by atoms with E-state index >= 15 is 0 Å². The van der Waals surface area contributed by atoms with Crippen LogP contribution in [0.25, 0.3) is 11.1 Å². The Hall–Kier alpha value is -3.54. The molecule has 0 spiro atoms. The smallest absolute Gasteiger partial charge is 0.322 e. The minimum atomic E-state index is -2.86. The average molecular weight is 495 g/mol. The highest BCUT2D eigenvalue weighted by Gasteiger charge is 2.44. The number of rotatable bonds is 5. The molecule has 2 N–H and O–H groups in total. The van der Waals surface area contributed by atoms with Gasteiger partial charge in [-0.2, -0.15) is 9.49 Å². The van der Waals surface area contributed by atoms with Crippen LogP contribution in [-0.2, 0) is 6.42 Å². The molecule has 0 aliphatic carbocycles. The SMILES string of the molecule is O=C(N[C@H](CN1CC(F)(F)C1)c1cc(F)cc(F)c1)N1CCc2cc(-c3cn[nH]c3F)c(F)cc21. The molecule has 184 valence electrons. The van der Waals surface area contributed by atoms with Crippen molar-refractivity contribution in [3.63, 3.8) is 0 Å². The summed E-state index contributed by atoms with van der Waals surface area (Å²) in [6.07, 6.45) is 1.51. The lowest BCUT2D eigenvalue weighted by Crippen LogP contribution is -2.58. The van der Waals surface area contributed by atoms with Gasteiger partial charge in [-0.25, -0.2) is 26.7 Å². The third-order valence-electron chi connectivity index (χ3n) is 6.13. The Morgan fingerprint density at radius 2 is 1.77 bits per heavy atom. The second-order valence-corrected chi connectivity index (χ2v) is 8.69. The Morgan fingerprint density at radius 3 is 2.40 bits per heavy atom. The van der Waals surface area contributed by atoms with E-state index in [0.29, 0.717) is 18.1 Å². The molecule has 5 rings (SSSR count). The van der Waals surface area contributed by atoms with Crippen molar-refractivity contribution in [2.24, 2.45) is 0 Å². The van der Waals surface area contributed by atoms with Gasteiger partial charge in [-0.1, -0.05) is 0 Å². The van der Waals surface area contributed by atoms with Gasteiger partial charge in [0.2, 0.25) is 5.95 Å². The maximum absolute atomic E-state index is 14.8. The van der Waals surface area contributed by atoms with Gasteiger partial charge in [0.1, 0.15) is 17.5 Å². The second-order valence-electron chi connectivity index (χ2n) is 8.69. The van der Waals surface area contributed by atoms with Crippen LogP contribution in [0.5, 0.6) is 0 Å². The van der Waals surface area contributed by atoms with E-state index in [4.69, 9.17) is 0 Å². The van der Waals surface area contributed by atoms with E-state index in [1.54, 1.807) is 0 Å². The normalized spacial score (nSPS) is 17.7. The number of hydrogen-bond acceptors (Lipinski definition) is 3. The van der Waals surface area contributed by atoms with E-state index in [1.165, 1.54) is 15.9 Å². The van der Waals surface area contributed by atoms with E-state index in [2.05, 4.69) is 15.5 Å². The number of amides is 2. The predicted molar refractivity (Wildman–Crippen MR) is 114 cm³/mol. The van der Waals surface area contributed by atoms with Crippen LogP contribution in [-0.4, -0.2) is 53.2 Å². The van der Waals surface area contributed by atoms with Crippen LogP contribution in [0, 0.1) is 23.4 Å². The monoisotopic (exact) mass is 495 g/mol. The molecular formula is C23H19F6N5O. The van der Waals surface area contributed by atoms with Gasteiger partial charge in [0, 0.05) is 24.7 Å². The number of alkyl halides is 2. The van der Waals surface area contributed by atoms with E-state index in [0.717, 1.165) is 24.4 Å². The number of urea groups is 1. The molecule has 1 aromatic heterocycles. The molecule has 0 saturated carbocycles. The van der Waals surface area contributed by atoms with E-state index in [1.807, 2.05) is 0 Å². The number of hydrogen-bond donors (Lipinski definition) is 2. The van der Waals surface area contributed by atoms with Crippen molar-refractivity contribution in [1.82, 2.24) is 20.4 Å². The topological polar surface area (TPSA) is 64.3 Å². The van der Waals surface area contributed by atoms with Gasteiger partial charge in [0.05, 0.1) is 36.6 Å². The lowest BCUT2D eigenvalue weighted by Gasteiger charge is -2.40. The lowest BCUT2D eigenvalue weighted by atomic mass is 10.0. The van der Waals surface area contributed by atoms with Gasteiger partial charge < -0.3 is 5.32 Å². The Kier molecular flexibility index (Phi) is 5.70. The molecule has 1 fully saturated rings. The number of halogens is 6. The molecular weight excluding hydrogens is 476 g/mol. The van der Waals surface area contributed by atoms with Crippen LogP contribution >= 0.6 is 0 Å². The van der Waals surface area contributed by atoms with Crippen molar-refractivity contribution in [3.8, 4) is 11.1 Å². The predicted octanol–water partition coefficient (Wildman–Crippen LogP) is 4.40. The first-order valence-corrected chi connectivity index (χ1v) is 10.8. The third kappa shape index (κ3) is 4.57. The highest BCUT2D eigenvalue weighted by Crippen LogP contribution is 2.36. The first-order valence-electron chi connectivity index (χ1n) is 10.8. The number of aromatic nitrogens is 2. The molecule has 2 aliphatic heterocycles. The van der Waals surface area contributed by atoms with Crippen LogP contribution in [0.15, 0.2) is 36.5 Å². The number of nitrogens with one attached hydrogen (secondary N) is 2. The summed E-state index contributed by atoms with van der Waals surface area (Å²) in [6.45, 7) is -1.01. The number of aromatic amines is 1. The number of carbonyl (C=O) groups is 1. The summed E-state index contributed by atoms with van der Waals surface area (Å²) in [5.74, 6) is -6.17. The molecule has 2 amide bonds. The van der Waals surface area contributed by atoms with Crippen molar-refractivity contribution in [3.05, 3.63) is 71.1 Å². The number of H-pyrrole nitrogens is 1. The molecule has 2 aliphatic rings. The minimum Gasteiger partial charge on any atom is -0.330 e. The summed E-state index contributed by atoms with van der Waals surface area (Å²) < 4.78 is 83.0. The highest BCUT2D eigenvalue weighted by atomic mass is 19.3. The molecule has 1 saturated heterocycles. The number of fused-ring (bicyclic) bond motifs is 1. The quantitative estimate of drug-likeness (QED) is 0.516. The van der Waals surface area contributed by atoms with Crippen molar-refractivity contribution in [1.29, 1.82) is 0 Å². The van der Waals surface area contributed by atoms with Gasteiger partial charge in [-0.3, -0.25) is 14.9 Å². The second kappa shape index (κ2) is 8.59. The van der Waals surface area contributed by atoms with Crippen LogP contribution in [0.1, 0.15) is 17.2 Å². The fourth-order valence-electron chi connectivity index (χ4n) is 4.52. The molecule has 1 atom stereocenters. The Morgan fingerprint density at radius 1 is 1.06 bits per heavy atom. The first kappa shape index (κ1) is 23.2. The maximum atomic E-state index is 14.8. The molecule has 12 heteroatoms. The summed E-state index contributed by atoms with van der Waals surface area (Å²) >= 11 is 0. The van der Waals surface area contributed by atoms with E-state index in [9.17, 15) is 31.1 Å². The largest absolute Gasteiger partial charge is 0.330 e. The van der Waals surface area contributed by atoms with Gasteiger partial charge >= 0.3 is 6.03 Å². The number of carbonyl (C=O) groups excluding carboxylic acids is 1. The summed E-state index contributed by atoms with van der Waals surface area (Å²) in [5.41, 5.74) is 0.861. The number of anilines is 1. The minimum absolute atomic E-state index is 0.0101. The van der Waals surface area contributed by atoms with Crippen LogP contribution in [0.2, 0.25) is 0 Å². The van der Waals surface area contributed by atoms with Crippen LogP contribution in [0.4, 0.5) is 36.8 Å².